The Morgan fingerprint density at radius 2 is 1.60 bits per heavy atom. The van der Waals surface area contributed by atoms with Gasteiger partial charge in [0.25, 0.3) is 0 Å². The first-order chi connectivity index (χ1) is 4.34. The molecule has 0 N–H and O–H groups in total. The predicted octanol–water partition coefficient (Wildman–Crippen LogP) is 3.63. The molecule has 0 unspecified atom stereocenters. The molecule has 0 saturated carbocycles. The van der Waals surface area contributed by atoms with Crippen molar-refractivity contribution < 1.29 is 0 Å². The van der Waals surface area contributed by atoms with Gasteiger partial charge >= 0.3 is 0 Å². The van der Waals surface area contributed by atoms with Crippen LogP contribution in [-0.2, 0) is 0 Å². The molecule has 0 aliphatic carbocycles. The topological polar surface area (TPSA) is 0 Å². The van der Waals surface area contributed by atoms with Gasteiger partial charge < -0.3 is 0 Å². The van der Waals surface area contributed by atoms with Crippen LogP contribution in [0.5, 0.6) is 0 Å². The zero-order chi connectivity index (χ0) is 8.36. The Morgan fingerprint density at radius 1 is 1.20 bits per heavy atom. The molecule has 0 heteroatoms. The van der Waals surface area contributed by atoms with Gasteiger partial charge in [0, 0.05) is 0 Å². The highest BCUT2D eigenvalue weighted by Gasteiger charge is 2.11. The third-order valence-corrected chi connectivity index (χ3v) is 1.77. The van der Waals surface area contributed by atoms with Crippen LogP contribution in [0.15, 0.2) is 11.6 Å². The fraction of sp³-hybridized carbons (Fsp3) is 0.800. The van der Waals surface area contributed by atoms with Crippen LogP contribution in [0.2, 0.25) is 0 Å². The molecule has 0 heterocycles. The lowest BCUT2D eigenvalue weighted by Gasteiger charge is -2.20. The van der Waals surface area contributed by atoms with Gasteiger partial charge in [-0.1, -0.05) is 46.3 Å². The second-order valence-corrected chi connectivity index (χ2v) is 4.34. The Hall–Kier alpha value is -0.260. The zero-order valence-electron chi connectivity index (χ0n) is 8.15. The summed E-state index contributed by atoms with van der Waals surface area (Å²) < 4.78 is 0. The van der Waals surface area contributed by atoms with Crippen LogP contribution in [0, 0.1) is 11.3 Å². The van der Waals surface area contributed by atoms with Crippen molar-refractivity contribution >= 4 is 0 Å². The molecule has 0 aromatic carbocycles. The molecular formula is C10H20. The summed E-state index contributed by atoms with van der Waals surface area (Å²) >= 11 is 0. The zero-order valence-corrected chi connectivity index (χ0v) is 8.15. The Kier molecular flexibility index (Phi) is 3.14. The lowest BCUT2D eigenvalue weighted by Crippen LogP contribution is -2.07. The summed E-state index contributed by atoms with van der Waals surface area (Å²) in [4.78, 5) is 0. The Morgan fingerprint density at radius 3 is 1.70 bits per heavy atom. The second kappa shape index (κ2) is 3.23. The highest BCUT2D eigenvalue weighted by molar-refractivity contribution is 5.08. The van der Waals surface area contributed by atoms with Gasteiger partial charge in [-0.25, -0.2) is 0 Å². The first-order valence-electron chi connectivity index (χ1n) is 4.03. The van der Waals surface area contributed by atoms with Crippen LogP contribution in [0.1, 0.15) is 41.5 Å². The lowest BCUT2D eigenvalue weighted by atomic mass is 9.86. The van der Waals surface area contributed by atoms with Gasteiger partial charge in [0.1, 0.15) is 0 Å². The van der Waals surface area contributed by atoms with E-state index in [2.05, 4.69) is 47.6 Å². The smallest absolute Gasteiger partial charge is 0.0176 e. The van der Waals surface area contributed by atoms with Gasteiger partial charge in [-0.05, 0) is 18.3 Å². The molecule has 0 rings (SSSR count). The monoisotopic (exact) mass is 140 g/mol. The fourth-order valence-corrected chi connectivity index (χ4v) is 0.750. The van der Waals surface area contributed by atoms with E-state index in [0.29, 0.717) is 11.3 Å². The maximum atomic E-state index is 2.33. The van der Waals surface area contributed by atoms with Gasteiger partial charge in [-0.2, -0.15) is 0 Å². The molecule has 0 saturated heterocycles. The molecule has 0 aliphatic rings. The summed E-state index contributed by atoms with van der Waals surface area (Å²) in [6.45, 7) is 13.4. The van der Waals surface area contributed by atoms with Crippen molar-refractivity contribution in [1.82, 2.24) is 0 Å². The molecule has 0 aromatic rings. The van der Waals surface area contributed by atoms with Gasteiger partial charge in [-0.3, -0.25) is 0 Å². The fourth-order valence-electron chi connectivity index (χ4n) is 0.750. The van der Waals surface area contributed by atoms with Crippen molar-refractivity contribution in [3.8, 4) is 0 Å². The normalized spacial score (nSPS) is 14.5. The maximum Gasteiger partial charge on any atom is -0.0176 e. The van der Waals surface area contributed by atoms with E-state index in [0.717, 1.165) is 0 Å². The van der Waals surface area contributed by atoms with Crippen LogP contribution in [0.3, 0.4) is 0 Å². The Labute approximate surface area is 65.3 Å². The molecule has 0 atom stereocenters. The van der Waals surface area contributed by atoms with Crippen molar-refractivity contribution in [2.75, 3.05) is 0 Å². The summed E-state index contributed by atoms with van der Waals surface area (Å²) in [7, 11) is 0. The number of hydrogen-bond acceptors (Lipinski definition) is 0. The van der Waals surface area contributed by atoms with E-state index < -0.39 is 0 Å². The minimum atomic E-state index is 0.351. The van der Waals surface area contributed by atoms with Crippen LogP contribution < -0.4 is 0 Å². The van der Waals surface area contributed by atoms with Crippen LogP contribution >= 0.6 is 0 Å². The molecule has 60 valence electrons. The van der Waals surface area contributed by atoms with Gasteiger partial charge in [0.05, 0.1) is 0 Å². The predicted molar refractivity (Wildman–Crippen MR) is 48.1 cm³/mol. The molecule has 0 aliphatic heterocycles. The van der Waals surface area contributed by atoms with E-state index in [1.807, 2.05) is 0 Å². The number of rotatable bonds is 1. The summed E-state index contributed by atoms with van der Waals surface area (Å²) in [5.41, 5.74) is 1.84. The lowest BCUT2D eigenvalue weighted by molar-refractivity contribution is 0.497. The number of allylic oxidation sites excluding steroid dienone is 2. The first-order valence-corrected chi connectivity index (χ1v) is 4.03. The van der Waals surface area contributed by atoms with Gasteiger partial charge in [-0.15, -0.1) is 0 Å². The first kappa shape index (κ1) is 9.74. The van der Waals surface area contributed by atoms with Crippen LogP contribution in [-0.4, -0.2) is 0 Å². The largest absolute Gasteiger partial charge is 0.0825 e. The molecule has 0 spiro atoms. The summed E-state index contributed by atoms with van der Waals surface area (Å²) in [6.07, 6.45) is 2.33. The SMILES string of the molecule is C/C(=C\C(C)C)C(C)(C)C. The maximum absolute atomic E-state index is 2.33. The standard InChI is InChI=1S/C10H20/c1-8(2)7-9(3)10(4,5)6/h7-8H,1-6H3/b9-7+. The summed E-state index contributed by atoms with van der Waals surface area (Å²) in [5.74, 6) is 0.680. The molecule has 0 radical (unpaired) electrons. The van der Waals surface area contributed by atoms with Crippen molar-refractivity contribution in [3.05, 3.63) is 11.6 Å². The van der Waals surface area contributed by atoms with E-state index in [-0.39, 0.29) is 0 Å². The Bertz CT molecular complexity index is 121. The molecule has 0 aromatic heterocycles. The van der Waals surface area contributed by atoms with Gasteiger partial charge in [0.15, 0.2) is 0 Å². The van der Waals surface area contributed by atoms with Crippen LogP contribution in [0.4, 0.5) is 0 Å². The quantitative estimate of drug-likeness (QED) is 0.488. The van der Waals surface area contributed by atoms with E-state index in [4.69, 9.17) is 0 Å². The van der Waals surface area contributed by atoms with E-state index >= 15 is 0 Å². The van der Waals surface area contributed by atoms with Crippen molar-refractivity contribution in [3.63, 3.8) is 0 Å². The van der Waals surface area contributed by atoms with E-state index in [1.165, 1.54) is 5.57 Å². The molecule has 0 amide bonds. The summed E-state index contributed by atoms with van der Waals surface area (Å²) in [5, 5.41) is 0. The van der Waals surface area contributed by atoms with Crippen molar-refractivity contribution in [2.45, 2.75) is 41.5 Å². The van der Waals surface area contributed by atoms with E-state index in [9.17, 15) is 0 Å². The highest BCUT2D eigenvalue weighted by Crippen LogP contribution is 2.25. The summed E-state index contributed by atoms with van der Waals surface area (Å²) in [6, 6.07) is 0. The Balaban J connectivity index is 4.20. The van der Waals surface area contributed by atoms with Crippen LogP contribution in [0.25, 0.3) is 0 Å². The third kappa shape index (κ3) is 3.71. The molecule has 0 nitrogen and oxygen atoms in total. The van der Waals surface area contributed by atoms with Crippen molar-refractivity contribution in [2.24, 2.45) is 11.3 Å². The average molecular weight is 140 g/mol. The van der Waals surface area contributed by atoms with Crippen molar-refractivity contribution in [1.29, 1.82) is 0 Å². The molecule has 10 heavy (non-hydrogen) atoms. The highest BCUT2D eigenvalue weighted by atomic mass is 14.2. The minimum Gasteiger partial charge on any atom is -0.0825 e. The van der Waals surface area contributed by atoms with E-state index in [1.54, 1.807) is 0 Å². The number of hydrogen-bond donors (Lipinski definition) is 0. The minimum absolute atomic E-state index is 0.351. The molecular weight excluding hydrogens is 120 g/mol. The average Bonchev–Trinajstić information content (AvgIpc) is 1.60. The molecule has 0 fully saturated rings. The second-order valence-electron chi connectivity index (χ2n) is 4.34. The molecule has 0 bridgehead atoms. The van der Waals surface area contributed by atoms with Gasteiger partial charge in [0.2, 0.25) is 0 Å². The third-order valence-electron chi connectivity index (χ3n) is 1.77.